The lowest BCUT2D eigenvalue weighted by Crippen LogP contribution is -2.51. The van der Waals surface area contributed by atoms with Crippen LogP contribution in [0.15, 0.2) is 0 Å². The molecule has 3 amide bonds. The van der Waals surface area contributed by atoms with Gasteiger partial charge in [0, 0.05) is 6.54 Å². The van der Waals surface area contributed by atoms with Crippen LogP contribution in [0.2, 0.25) is 0 Å². The van der Waals surface area contributed by atoms with Gasteiger partial charge in [0.1, 0.15) is 6.04 Å². The van der Waals surface area contributed by atoms with Crippen LogP contribution in [0.1, 0.15) is 39.0 Å². The molecule has 20 heavy (non-hydrogen) atoms. The highest BCUT2D eigenvalue weighted by atomic mass is 16.4. The van der Waals surface area contributed by atoms with Gasteiger partial charge in [-0.2, -0.15) is 0 Å². The number of amides is 3. The van der Waals surface area contributed by atoms with Crippen LogP contribution in [0, 0.1) is 0 Å². The Morgan fingerprint density at radius 1 is 1.30 bits per heavy atom. The topological polar surface area (TPSA) is 98.7 Å². The number of piperidine rings is 1. The first-order valence-corrected chi connectivity index (χ1v) is 7.09. The van der Waals surface area contributed by atoms with Crippen molar-refractivity contribution in [3.63, 3.8) is 0 Å². The van der Waals surface area contributed by atoms with Crippen molar-refractivity contribution in [3.8, 4) is 0 Å². The van der Waals surface area contributed by atoms with Crippen LogP contribution in [0.5, 0.6) is 0 Å². The van der Waals surface area contributed by atoms with Gasteiger partial charge in [-0.25, -0.2) is 4.79 Å². The van der Waals surface area contributed by atoms with Crippen LogP contribution in [-0.4, -0.2) is 53.6 Å². The second kappa shape index (κ2) is 8.52. The molecule has 7 heteroatoms. The van der Waals surface area contributed by atoms with Crippen LogP contribution in [0.3, 0.4) is 0 Å². The first-order valence-electron chi connectivity index (χ1n) is 7.09. The molecule has 1 fully saturated rings. The molecule has 114 valence electrons. The number of carboxylic acid groups (broad SMARTS) is 1. The summed E-state index contributed by atoms with van der Waals surface area (Å²) in [6.07, 6.45) is 4.09. The van der Waals surface area contributed by atoms with Crippen LogP contribution in [-0.2, 0) is 9.59 Å². The SMILES string of the molecule is CCCCNC(=O)NC(=O)CN1CCCCC1C(=O)O. The number of carbonyl (C=O) groups excluding carboxylic acids is 2. The van der Waals surface area contributed by atoms with Gasteiger partial charge in [-0.05, 0) is 25.8 Å². The zero-order chi connectivity index (χ0) is 15.0. The lowest BCUT2D eigenvalue weighted by Gasteiger charge is -2.31. The number of urea groups is 1. The molecule has 1 saturated heterocycles. The maximum absolute atomic E-state index is 11.7. The predicted octanol–water partition coefficient (Wildman–Crippen LogP) is 0.551. The second-order valence-electron chi connectivity index (χ2n) is 4.98. The minimum absolute atomic E-state index is 0.0574. The average Bonchev–Trinajstić information content (AvgIpc) is 2.39. The molecule has 0 saturated carbocycles. The third-order valence-corrected chi connectivity index (χ3v) is 3.31. The monoisotopic (exact) mass is 285 g/mol. The smallest absolute Gasteiger partial charge is 0.321 e. The number of nitrogens with one attached hydrogen (secondary N) is 2. The maximum atomic E-state index is 11.7. The molecule has 0 radical (unpaired) electrons. The Bertz CT molecular complexity index is 360. The van der Waals surface area contributed by atoms with Gasteiger partial charge in [0.05, 0.1) is 6.54 Å². The van der Waals surface area contributed by atoms with E-state index >= 15 is 0 Å². The number of aliphatic carboxylic acids is 1. The predicted molar refractivity (Wildman–Crippen MR) is 73.3 cm³/mol. The average molecular weight is 285 g/mol. The molecular weight excluding hydrogens is 262 g/mol. The third-order valence-electron chi connectivity index (χ3n) is 3.31. The number of hydrogen-bond donors (Lipinski definition) is 3. The maximum Gasteiger partial charge on any atom is 0.321 e. The second-order valence-corrected chi connectivity index (χ2v) is 4.98. The van der Waals surface area contributed by atoms with Gasteiger partial charge in [-0.1, -0.05) is 19.8 Å². The highest BCUT2D eigenvalue weighted by Crippen LogP contribution is 2.16. The highest BCUT2D eigenvalue weighted by molar-refractivity contribution is 5.95. The van der Waals surface area contributed by atoms with Crippen LogP contribution >= 0.6 is 0 Å². The summed E-state index contributed by atoms with van der Waals surface area (Å²) in [7, 11) is 0. The number of imide groups is 1. The van der Waals surface area contributed by atoms with Gasteiger partial charge >= 0.3 is 12.0 Å². The van der Waals surface area contributed by atoms with E-state index in [1.165, 1.54) is 0 Å². The lowest BCUT2D eigenvalue weighted by molar-refractivity contribution is -0.145. The number of carbonyl (C=O) groups is 3. The number of unbranched alkanes of at least 4 members (excludes halogenated alkanes) is 1. The van der Waals surface area contributed by atoms with E-state index in [-0.39, 0.29) is 6.54 Å². The van der Waals surface area contributed by atoms with Gasteiger partial charge in [-0.15, -0.1) is 0 Å². The fraction of sp³-hybridized carbons (Fsp3) is 0.769. The van der Waals surface area contributed by atoms with Crippen molar-refractivity contribution in [3.05, 3.63) is 0 Å². The molecule has 1 aliphatic rings. The summed E-state index contributed by atoms with van der Waals surface area (Å²) in [5.74, 6) is -1.38. The first-order chi connectivity index (χ1) is 9.54. The number of hydrogen-bond acceptors (Lipinski definition) is 4. The van der Waals surface area contributed by atoms with Gasteiger partial charge in [0.2, 0.25) is 5.91 Å². The molecule has 0 aliphatic carbocycles. The van der Waals surface area contributed by atoms with Crippen molar-refractivity contribution < 1.29 is 19.5 Å². The summed E-state index contributed by atoms with van der Waals surface area (Å²) >= 11 is 0. The first kappa shape index (κ1) is 16.4. The minimum atomic E-state index is -0.912. The summed E-state index contributed by atoms with van der Waals surface area (Å²) < 4.78 is 0. The van der Waals surface area contributed by atoms with Gasteiger partial charge in [-0.3, -0.25) is 19.8 Å². The summed E-state index contributed by atoms with van der Waals surface area (Å²) in [6.45, 7) is 3.05. The summed E-state index contributed by atoms with van der Waals surface area (Å²) in [6, 6.07) is -1.15. The standard InChI is InChI=1S/C13H23N3O4/c1-2-3-7-14-13(20)15-11(17)9-16-8-5-4-6-10(16)12(18)19/h10H,2-9H2,1H3,(H,18,19)(H2,14,15,17,20). The molecule has 1 heterocycles. The van der Waals surface area contributed by atoms with Gasteiger partial charge in [0.25, 0.3) is 0 Å². The van der Waals surface area contributed by atoms with Crippen molar-refractivity contribution in [2.24, 2.45) is 0 Å². The highest BCUT2D eigenvalue weighted by Gasteiger charge is 2.29. The number of carboxylic acids is 1. The van der Waals surface area contributed by atoms with E-state index in [2.05, 4.69) is 10.6 Å². The quantitative estimate of drug-likeness (QED) is 0.619. The lowest BCUT2D eigenvalue weighted by atomic mass is 10.0. The number of nitrogens with zero attached hydrogens (tertiary/aromatic N) is 1. The molecular formula is C13H23N3O4. The Hall–Kier alpha value is -1.63. The van der Waals surface area contributed by atoms with E-state index in [0.29, 0.717) is 19.5 Å². The van der Waals surface area contributed by atoms with Crippen LogP contribution < -0.4 is 10.6 Å². The fourth-order valence-corrected chi connectivity index (χ4v) is 2.23. The Morgan fingerprint density at radius 2 is 2.05 bits per heavy atom. The normalized spacial score (nSPS) is 19.4. The van der Waals surface area contributed by atoms with E-state index in [1.54, 1.807) is 4.90 Å². The largest absolute Gasteiger partial charge is 0.480 e. The molecule has 0 spiro atoms. The molecule has 0 bridgehead atoms. The number of rotatable bonds is 6. The molecule has 7 nitrogen and oxygen atoms in total. The Kier molecular flexibility index (Phi) is 7.00. The van der Waals surface area contributed by atoms with E-state index in [4.69, 9.17) is 5.11 Å². The molecule has 0 aromatic carbocycles. The van der Waals surface area contributed by atoms with Crippen molar-refractivity contribution in [2.45, 2.75) is 45.1 Å². The van der Waals surface area contributed by atoms with Gasteiger partial charge < -0.3 is 10.4 Å². The summed E-state index contributed by atoms with van der Waals surface area (Å²) in [5.41, 5.74) is 0. The molecule has 0 aromatic heterocycles. The molecule has 0 aromatic rings. The van der Waals surface area contributed by atoms with Crippen LogP contribution in [0.25, 0.3) is 0 Å². The number of likely N-dealkylation sites (tertiary alicyclic amines) is 1. The minimum Gasteiger partial charge on any atom is -0.480 e. The van der Waals surface area contributed by atoms with Gasteiger partial charge in [0.15, 0.2) is 0 Å². The third kappa shape index (κ3) is 5.56. The molecule has 1 aliphatic heterocycles. The zero-order valence-electron chi connectivity index (χ0n) is 11.9. The van der Waals surface area contributed by atoms with Crippen molar-refractivity contribution in [1.82, 2.24) is 15.5 Å². The fourth-order valence-electron chi connectivity index (χ4n) is 2.23. The van der Waals surface area contributed by atoms with E-state index in [0.717, 1.165) is 25.7 Å². The Labute approximate surface area is 118 Å². The Morgan fingerprint density at radius 3 is 2.70 bits per heavy atom. The van der Waals surface area contributed by atoms with Crippen LogP contribution in [0.4, 0.5) is 4.79 Å². The van der Waals surface area contributed by atoms with Crippen molar-refractivity contribution in [2.75, 3.05) is 19.6 Å². The molecule has 1 unspecified atom stereocenters. The molecule has 3 N–H and O–H groups in total. The Balaban J connectivity index is 2.36. The van der Waals surface area contributed by atoms with E-state index in [1.807, 2.05) is 6.92 Å². The molecule has 1 atom stereocenters. The van der Waals surface area contributed by atoms with Crippen molar-refractivity contribution >= 4 is 17.9 Å². The van der Waals surface area contributed by atoms with Crippen molar-refractivity contribution in [1.29, 1.82) is 0 Å². The molecule has 1 rings (SSSR count). The van der Waals surface area contributed by atoms with E-state index < -0.39 is 23.9 Å². The van der Waals surface area contributed by atoms with E-state index in [9.17, 15) is 14.4 Å². The summed E-state index contributed by atoms with van der Waals surface area (Å²) in [5, 5.41) is 13.9. The summed E-state index contributed by atoms with van der Waals surface area (Å²) in [4.78, 5) is 35.8. The zero-order valence-corrected chi connectivity index (χ0v) is 11.9.